The van der Waals surface area contributed by atoms with Crippen LogP contribution in [0.5, 0.6) is 0 Å². The molecule has 6 heteroatoms. The van der Waals surface area contributed by atoms with Gasteiger partial charge < -0.3 is 16.0 Å². The van der Waals surface area contributed by atoms with E-state index in [1.165, 1.54) is 30.4 Å². The SMILES string of the molecule is CN=C(NCC(=O)NC1CCCCC1)NCC(C)c1ccc(C)cc1.I. The molecule has 0 aliphatic heterocycles. The van der Waals surface area contributed by atoms with E-state index in [0.717, 1.165) is 19.4 Å². The van der Waals surface area contributed by atoms with Crippen molar-refractivity contribution in [3.63, 3.8) is 0 Å². The fourth-order valence-corrected chi connectivity index (χ4v) is 3.17. The van der Waals surface area contributed by atoms with Gasteiger partial charge in [0.2, 0.25) is 5.91 Å². The van der Waals surface area contributed by atoms with E-state index in [1.807, 2.05) is 0 Å². The van der Waals surface area contributed by atoms with Gasteiger partial charge >= 0.3 is 0 Å². The Morgan fingerprint density at radius 2 is 1.81 bits per heavy atom. The quantitative estimate of drug-likeness (QED) is 0.338. The summed E-state index contributed by atoms with van der Waals surface area (Å²) in [6.45, 7) is 5.31. The van der Waals surface area contributed by atoms with Gasteiger partial charge in [0.05, 0.1) is 6.54 Å². The highest BCUT2D eigenvalue weighted by atomic mass is 127. The molecular formula is C20H33IN4O. The Kier molecular flexibility index (Phi) is 10.6. The average Bonchev–Trinajstić information content (AvgIpc) is 2.63. The maximum Gasteiger partial charge on any atom is 0.239 e. The van der Waals surface area contributed by atoms with Crippen molar-refractivity contribution in [3.05, 3.63) is 35.4 Å². The summed E-state index contributed by atoms with van der Waals surface area (Å²) in [5.41, 5.74) is 2.56. The zero-order chi connectivity index (χ0) is 18.1. The topological polar surface area (TPSA) is 65.5 Å². The van der Waals surface area contributed by atoms with Crippen molar-refractivity contribution >= 4 is 35.8 Å². The molecule has 1 unspecified atom stereocenters. The number of hydrogen-bond acceptors (Lipinski definition) is 2. The first-order valence-electron chi connectivity index (χ1n) is 9.39. The van der Waals surface area contributed by atoms with E-state index in [4.69, 9.17) is 0 Å². The maximum atomic E-state index is 12.1. The van der Waals surface area contributed by atoms with Crippen LogP contribution in [-0.2, 0) is 4.79 Å². The van der Waals surface area contributed by atoms with Gasteiger partial charge in [0.1, 0.15) is 0 Å². The third-order valence-corrected chi connectivity index (χ3v) is 4.83. The van der Waals surface area contributed by atoms with Crippen molar-refractivity contribution < 1.29 is 4.79 Å². The number of amides is 1. The molecule has 1 aromatic rings. The van der Waals surface area contributed by atoms with E-state index in [-0.39, 0.29) is 36.4 Å². The summed E-state index contributed by atoms with van der Waals surface area (Å²) in [5.74, 6) is 1.08. The fraction of sp³-hybridized carbons (Fsp3) is 0.600. The zero-order valence-corrected chi connectivity index (χ0v) is 18.5. The zero-order valence-electron chi connectivity index (χ0n) is 16.2. The van der Waals surface area contributed by atoms with Gasteiger partial charge in [0.15, 0.2) is 5.96 Å². The molecule has 1 atom stereocenters. The summed E-state index contributed by atoms with van der Waals surface area (Å²) in [4.78, 5) is 16.3. The second-order valence-corrected chi connectivity index (χ2v) is 7.02. The molecule has 5 nitrogen and oxygen atoms in total. The molecule has 0 aromatic heterocycles. The normalized spacial score (nSPS) is 16.3. The molecule has 0 radical (unpaired) electrons. The number of guanidine groups is 1. The minimum atomic E-state index is 0. The highest BCUT2D eigenvalue weighted by Crippen LogP contribution is 2.17. The molecule has 1 amide bonds. The Balaban J connectivity index is 0.00000338. The van der Waals surface area contributed by atoms with Gasteiger partial charge in [0.25, 0.3) is 0 Å². The number of hydrogen-bond donors (Lipinski definition) is 3. The van der Waals surface area contributed by atoms with Crippen molar-refractivity contribution in [2.45, 2.75) is 57.9 Å². The number of benzene rings is 1. The molecule has 146 valence electrons. The van der Waals surface area contributed by atoms with E-state index in [2.05, 4.69) is 59.1 Å². The standard InChI is InChI=1S/C20H32N4O.HI/c1-15-9-11-17(12-10-15)16(2)13-22-20(21-3)23-14-19(25)24-18-7-5-4-6-8-18;/h9-12,16,18H,4-8,13-14H2,1-3H3,(H,24,25)(H2,21,22,23);1H. The molecule has 0 bridgehead atoms. The third kappa shape index (κ3) is 7.93. The Morgan fingerprint density at radius 1 is 1.15 bits per heavy atom. The van der Waals surface area contributed by atoms with Gasteiger partial charge in [0, 0.05) is 19.6 Å². The number of carbonyl (C=O) groups excluding carboxylic acids is 1. The summed E-state index contributed by atoms with van der Waals surface area (Å²) in [7, 11) is 1.73. The molecule has 1 saturated carbocycles. The number of nitrogens with one attached hydrogen (secondary N) is 3. The molecular weight excluding hydrogens is 439 g/mol. The molecule has 1 aliphatic rings. The Morgan fingerprint density at radius 3 is 2.42 bits per heavy atom. The minimum Gasteiger partial charge on any atom is -0.356 e. The smallest absolute Gasteiger partial charge is 0.239 e. The number of aryl methyl sites for hydroxylation is 1. The monoisotopic (exact) mass is 472 g/mol. The van der Waals surface area contributed by atoms with Crippen LogP contribution in [-0.4, -0.2) is 38.0 Å². The number of rotatable bonds is 6. The van der Waals surface area contributed by atoms with Gasteiger partial charge in [-0.3, -0.25) is 9.79 Å². The summed E-state index contributed by atoms with van der Waals surface area (Å²) in [6, 6.07) is 8.94. The van der Waals surface area contributed by atoms with Crippen LogP contribution in [0.4, 0.5) is 0 Å². The molecule has 26 heavy (non-hydrogen) atoms. The molecule has 1 aromatic carbocycles. The van der Waals surface area contributed by atoms with Crippen LogP contribution in [0.2, 0.25) is 0 Å². The highest BCUT2D eigenvalue weighted by molar-refractivity contribution is 14.0. The first-order chi connectivity index (χ1) is 12.1. The van der Waals surface area contributed by atoms with Crippen LogP contribution in [0.3, 0.4) is 0 Å². The van der Waals surface area contributed by atoms with E-state index in [0.29, 0.717) is 17.9 Å². The Bertz CT molecular complexity index is 568. The maximum absolute atomic E-state index is 12.1. The predicted molar refractivity (Wildman–Crippen MR) is 119 cm³/mol. The van der Waals surface area contributed by atoms with E-state index in [9.17, 15) is 4.79 Å². The lowest BCUT2D eigenvalue weighted by molar-refractivity contribution is -0.120. The molecule has 0 saturated heterocycles. The average molecular weight is 472 g/mol. The lowest BCUT2D eigenvalue weighted by atomic mass is 9.95. The fourth-order valence-electron chi connectivity index (χ4n) is 3.17. The van der Waals surface area contributed by atoms with Gasteiger partial charge in [-0.05, 0) is 31.2 Å². The van der Waals surface area contributed by atoms with Crippen molar-refractivity contribution in [1.29, 1.82) is 0 Å². The second-order valence-electron chi connectivity index (χ2n) is 7.02. The Hall–Kier alpha value is -1.31. The number of carbonyl (C=O) groups is 1. The molecule has 2 rings (SSSR count). The van der Waals surface area contributed by atoms with E-state index in [1.54, 1.807) is 7.05 Å². The summed E-state index contributed by atoms with van der Waals surface area (Å²) in [5, 5.41) is 9.51. The summed E-state index contributed by atoms with van der Waals surface area (Å²) >= 11 is 0. The molecule has 1 aliphatic carbocycles. The van der Waals surface area contributed by atoms with Crippen LogP contribution in [0.25, 0.3) is 0 Å². The lowest BCUT2D eigenvalue weighted by Gasteiger charge is -2.23. The summed E-state index contributed by atoms with van der Waals surface area (Å²) < 4.78 is 0. The molecule has 0 spiro atoms. The molecule has 1 fully saturated rings. The first-order valence-corrected chi connectivity index (χ1v) is 9.39. The number of aliphatic imine (C=N–C) groups is 1. The molecule has 0 heterocycles. The van der Waals surface area contributed by atoms with E-state index < -0.39 is 0 Å². The number of nitrogens with zero attached hydrogens (tertiary/aromatic N) is 1. The predicted octanol–water partition coefficient (Wildman–Crippen LogP) is 3.33. The lowest BCUT2D eigenvalue weighted by Crippen LogP contribution is -2.46. The van der Waals surface area contributed by atoms with Crippen LogP contribution in [0.15, 0.2) is 29.3 Å². The van der Waals surface area contributed by atoms with Crippen molar-refractivity contribution in [1.82, 2.24) is 16.0 Å². The van der Waals surface area contributed by atoms with Crippen molar-refractivity contribution in [2.75, 3.05) is 20.1 Å². The van der Waals surface area contributed by atoms with E-state index >= 15 is 0 Å². The highest BCUT2D eigenvalue weighted by Gasteiger charge is 2.15. The van der Waals surface area contributed by atoms with Crippen molar-refractivity contribution in [2.24, 2.45) is 4.99 Å². The first kappa shape index (κ1) is 22.7. The van der Waals surface area contributed by atoms with Crippen LogP contribution in [0.1, 0.15) is 56.1 Å². The number of halogens is 1. The largest absolute Gasteiger partial charge is 0.356 e. The minimum absolute atomic E-state index is 0. The third-order valence-electron chi connectivity index (χ3n) is 4.83. The van der Waals surface area contributed by atoms with Gasteiger partial charge in [-0.15, -0.1) is 24.0 Å². The van der Waals surface area contributed by atoms with Crippen LogP contribution < -0.4 is 16.0 Å². The van der Waals surface area contributed by atoms with Crippen molar-refractivity contribution in [3.8, 4) is 0 Å². The van der Waals surface area contributed by atoms with Gasteiger partial charge in [-0.1, -0.05) is 56.0 Å². The van der Waals surface area contributed by atoms with Crippen LogP contribution >= 0.6 is 24.0 Å². The second kappa shape index (κ2) is 12.1. The van der Waals surface area contributed by atoms with Crippen LogP contribution in [0, 0.1) is 6.92 Å². The summed E-state index contributed by atoms with van der Waals surface area (Å²) in [6.07, 6.45) is 5.94. The van der Waals surface area contributed by atoms with Gasteiger partial charge in [-0.25, -0.2) is 0 Å². The Labute approximate surface area is 174 Å². The molecule has 3 N–H and O–H groups in total. The van der Waals surface area contributed by atoms with Gasteiger partial charge in [-0.2, -0.15) is 0 Å².